The molecular formula is C15H19NO3. The van der Waals surface area contributed by atoms with Crippen LogP contribution in [-0.2, 0) is 6.42 Å². The molecule has 0 aliphatic carbocycles. The molecule has 2 aliphatic heterocycles. The topological polar surface area (TPSA) is 49.8 Å². The van der Waals surface area contributed by atoms with E-state index >= 15 is 0 Å². The molecule has 4 nitrogen and oxygen atoms in total. The Morgan fingerprint density at radius 3 is 2.84 bits per heavy atom. The fourth-order valence-electron chi connectivity index (χ4n) is 2.69. The minimum absolute atomic E-state index is 0.0604. The number of amides is 1. The maximum Gasteiger partial charge on any atom is 0.253 e. The lowest BCUT2D eigenvalue weighted by Crippen LogP contribution is -2.45. The van der Waals surface area contributed by atoms with Gasteiger partial charge in [-0.25, -0.2) is 0 Å². The maximum absolute atomic E-state index is 12.4. The van der Waals surface area contributed by atoms with Crippen molar-refractivity contribution in [3.63, 3.8) is 0 Å². The molecule has 1 saturated heterocycles. The number of hydrogen-bond donors (Lipinski definition) is 1. The van der Waals surface area contributed by atoms with Gasteiger partial charge in [-0.3, -0.25) is 4.79 Å². The lowest BCUT2D eigenvalue weighted by Gasteiger charge is -2.35. The average molecular weight is 261 g/mol. The van der Waals surface area contributed by atoms with E-state index in [0.717, 1.165) is 23.3 Å². The molecule has 1 aromatic rings. The normalized spacial score (nSPS) is 20.8. The van der Waals surface area contributed by atoms with Crippen molar-refractivity contribution in [2.45, 2.75) is 31.8 Å². The van der Waals surface area contributed by atoms with E-state index in [1.165, 1.54) is 0 Å². The molecule has 0 bridgehead atoms. The predicted molar refractivity (Wildman–Crippen MR) is 71.4 cm³/mol. The number of rotatable bonds is 1. The monoisotopic (exact) mass is 261 g/mol. The first-order valence-electron chi connectivity index (χ1n) is 6.83. The van der Waals surface area contributed by atoms with E-state index in [0.29, 0.717) is 32.5 Å². The van der Waals surface area contributed by atoms with Crippen LogP contribution in [0.5, 0.6) is 5.75 Å². The van der Waals surface area contributed by atoms with E-state index in [1.807, 2.05) is 30.0 Å². The Bertz CT molecular complexity index is 500. The summed E-state index contributed by atoms with van der Waals surface area (Å²) in [6.07, 6.45) is 2.17. The molecule has 1 N–H and O–H groups in total. The molecule has 102 valence electrons. The molecule has 0 atom stereocenters. The van der Waals surface area contributed by atoms with E-state index in [4.69, 9.17) is 4.74 Å². The number of ether oxygens (including phenoxy) is 1. The van der Waals surface area contributed by atoms with Gasteiger partial charge in [-0.2, -0.15) is 0 Å². The largest absolute Gasteiger partial charge is 0.493 e. The standard InChI is InChI=1S/C15H19NO3/c1-15(18)5-7-16(8-6-15)14(17)12-2-3-13-11(10-12)4-9-19-13/h2-3,10,18H,4-9H2,1H3. The number of hydrogen-bond acceptors (Lipinski definition) is 3. The van der Waals surface area contributed by atoms with Crippen molar-refractivity contribution < 1.29 is 14.6 Å². The summed E-state index contributed by atoms with van der Waals surface area (Å²) in [4.78, 5) is 14.2. The van der Waals surface area contributed by atoms with Gasteiger partial charge in [0.1, 0.15) is 5.75 Å². The van der Waals surface area contributed by atoms with Crippen molar-refractivity contribution in [3.8, 4) is 5.75 Å². The van der Waals surface area contributed by atoms with Gasteiger partial charge in [-0.15, -0.1) is 0 Å². The van der Waals surface area contributed by atoms with Crippen LogP contribution in [0.15, 0.2) is 18.2 Å². The Morgan fingerprint density at radius 1 is 1.37 bits per heavy atom. The zero-order valence-corrected chi connectivity index (χ0v) is 11.2. The number of benzene rings is 1. The Labute approximate surface area is 113 Å². The summed E-state index contributed by atoms with van der Waals surface area (Å²) in [5.74, 6) is 0.961. The average Bonchev–Trinajstić information content (AvgIpc) is 2.85. The summed E-state index contributed by atoms with van der Waals surface area (Å²) in [5, 5.41) is 9.92. The number of aliphatic hydroxyl groups is 1. The summed E-state index contributed by atoms with van der Waals surface area (Å²) in [7, 11) is 0. The van der Waals surface area contributed by atoms with Gasteiger partial charge in [0.15, 0.2) is 0 Å². The van der Waals surface area contributed by atoms with E-state index < -0.39 is 5.60 Å². The number of likely N-dealkylation sites (tertiary alicyclic amines) is 1. The van der Waals surface area contributed by atoms with Crippen LogP contribution in [0.3, 0.4) is 0 Å². The number of piperidine rings is 1. The maximum atomic E-state index is 12.4. The van der Waals surface area contributed by atoms with Crippen molar-refractivity contribution in [2.24, 2.45) is 0 Å². The van der Waals surface area contributed by atoms with Crippen LogP contribution in [0.4, 0.5) is 0 Å². The molecular weight excluding hydrogens is 242 g/mol. The molecule has 19 heavy (non-hydrogen) atoms. The van der Waals surface area contributed by atoms with Crippen LogP contribution in [0.1, 0.15) is 35.7 Å². The van der Waals surface area contributed by atoms with Crippen molar-refractivity contribution in [1.29, 1.82) is 0 Å². The Balaban J connectivity index is 1.74. The first-order chi connectivity index (χ1) is 9.05. The minimum atomic E-state index is -0.622. The summed E-state index contributed by atoms with van der Waals surface area (Å²) in [6, 6.07) is 5.66. The highest BCUT2D eigenvalue weighted by molar-refractivity contribution is 5.94. The molecule has 2 aliphatic rings. The zero-order valence-electron chi connectivity index (χ0n) is 11.2. The predicted octanol–water partition coefficient (Wildman–Crippen LogP) is 1.61. The Morgan fingerprint density at radius 2 is 2.11 bits per heavy atom. The molecule has 0 aromatic heterocycles. The van der Waals surface area contributed by atoms with E-state index in [-0.39, 0.29) is 5.91 Å². The lowest BCUT2D eigenvalue weighted by molar-refractivity contribution is -0.00202. The van der Waals surface area contributed by atoms with Crippen LogP contribution in [-0.4, -0.2) is 41.2 Å². The molecule has 2 heterocycles. The first kappa shape index (κ1) is 12.5. The molecule has 0 saturated carbocycles. The Kier molecular flexibility index (Phi) is 2.97. The van der Waals surface area contributed by atoms with Crippen LogP contribution in [0.2, 0.25) is 0 Å². The molecule has 0 unspecified atom stereocenters. The van der Waals surface area contributed by atoms with Crippen LogP contribution >= 0.6 is 0 Å². The highest BCUT2D eigenvalue weighted by Gasteiger charge is 2.30. The van der Waals surface area contributed by atoms with Gasteiger partial charge in [-0.05, 0) is 43.5 Å². The minimum Gasteiger partial charge on any atom is -0.493 e. The molecule has 3 rings (SSSR count). The number of fused-ring (bicyclic) bond motifs is 1. The summed E-state index contributed by atoms with van der Waals surface area (Å²) in [5.41, 5.74) is 1.23. The van der Waals surface area contributed by atoms with Crippen molar-refractivity contribution in [1.82, 2.24) is 4.90 Å². The van der Waals surface area contributed by atoms with Crippen molar-refractivity contribution in [2.75, 3.05) is 19.7 Å². The van der Waals surface area contributed by atoms with Crippen molar-refractivity contribution in [3.05, 3.63) is 29.3 Å². The van der Waals surface area contributed by atoms with Gasteiger partial charge in [-0.1, -0.05) is 0 Å². The first-order valence-corrected chi connectivity index (χ1v) is 6.83. The number of carbonyl (C=O) groups is 1. The third-order valence-electron chi connectivity index (χ3n) is 4.06. The third kappa shape index (κ3) is 2.45. The number of carbonyl (C=O) groups excluding carboxylic acids is 1. The van der Waals surface area contributed by atoms with Crippen LogP contribution < -0.4 is 4.74 Å². The highest BCUT2D eigenvalue weighted by atomic mass is 16.5. The second kappa shape index (κ2) is 4.53. The molecule has 0 radical (unpaired) electrons. The molecule has 1 aromatic carbocycles. The van der Waals surface area contributed by atoms with Gasteiger partial charge in [0, 0.05) is 25.1 Å². The number of nitrogens with zero attached hydrogens (tertiary/aromatic N) is 1. The second-order valence-corrected chi connectivity index (χ2v) is 5.71. The zero-order chi connectivity index (χ0) is 13.5. The highest BCUT2D eigenvalue weighted by Crippen LogP contribution is 2.27. The van der Waals surface area contributed by atoms with Crippen molar-refractivity contribution >= 4 is 5.91 Å². The Hall–Kier alpha value is -1.55. The third-order valence-corrected chi connectivity index (χ3v) is 4.06. The smallest absolute Gasteiger partial charge is 0.253 e. The van der Waals surface area contributed by atoms with Crippen LogP contribution in [0, 0.1) is 0 Å². The fourth-order valence-corrected chi connectivity index (χ4v) is 2.69. The SMILES string of the molecule is CC1(O)CCN(C(=O)c2ccc3c(c2)CCO3)CC1. The van der Waals surface area contributed by atoms with E-state index in [9.17, 15) is 9.90 Å². The molecule has 1 fully saturated rings. The molecule has 1 amide bonds. The summed E-state index contributed by atoms with van der Waals surface area (Å²) < 4.78 is 5.45. The quantitative estimate of drug-likeness (QED) is 0.835. The summed E-state index contributed by atoms with van der Waals surface area (Å²) in [6.45, 7) is 3.79. The molecule has 0 spiro atoms. The van der Waals surface area contributed by atoms with Gasteiger partial charge in [0.25, 0.3) is 5.91 Å². The summed E-state index contributed by atoms with van der Waals surface area (Å²) >= 11 is 0. The van der Waals surface area contributed by atoms with Gasteiger partial charge >= 0.3 is 0 Å². The van der Waals surface area contributed by atoms with Crippen LogP contribution in [0.25, 0.3) is 0 Å². The van der Waals surface area contributed by atoms with Gasteiger partial charge in [0.05, 0.1) is 12.2 Å². The lowest BCUT2D eigenvalue weighted by atomic mass is 9.93. The van der Waals surface area contributed by atoms with E-state index in [2.05, 4.69) is 0 Å². The van der Waals surface area contributed by atoms with Gasteiger partial charge in [0.2, 0.25) is 0 Å². The second-order valence-electron chi connectivity index (χ2n) is 5.71. The molecule has 4 heteroatoms. The van der Waals surface area contributed by atoms with Gasteiger partial charge < -0.3 is 14.7 Å². The van der Waals surface area contributed by atoms with E-state index in [1.54, 1.807) is 0 Å². The fraction of sp³-hybridized carbons (Fsp3) is 0.533.